The molecule has 0 saturated carbocycles. The molecule has 4 aromatic heterocycles. The van der Waals surface area contributed by atoms with E-state index in [4.69, 9.17) is 9.47 Å². The second-order valence-corrected chi connectivity index (χ2v) is 8.56. The van der Waals surface area contributed by atoms with Gasteiger partial charge in [0.1, 0.15) is 5.82 Å². The fraction of sp³-hybridized carbons (Fsp3) is 0.370. The van der Waals surface area contributed by atoms with Crippen molar-refractivity contribution in [2.45, 2.75) is 33.2 Å². The minimum absolute atomic E-state index is 0.201. The normalized spacial score (nSPS) is 11.0. The Bertz CT molecular complexity index is 1370. The van der Waals surface area contributed by atoms with Crippen molar-refractivity contribution in [3.8, 4) is 17.0 Å². The lowest BCUT2D eigenvalue weighted by atomic mass is 10.1. The number of aromatic nitrogens is 5. The molecule has 0 aromatic carbocycles. The molecule has 0 fully saturated rings. The van der Waals surface area contributed by atoms with E-state index in [1.807, 2.05) is 37.3 Å². The van der Waals surface area contributed by atoms with Gasteiger partial charge in [0, 0.05) is 61.5 Å². The summed E-state index contributed by atoms with van der Waals surface area (Å²) in [6.07, 6.45) is 5.16. The zero-order valence-electron chi connectivity index (χ0n) is 21.5. The summed E-state index contributed by atoms with van der Waals surface area (Å²) in [5.74, 6) is 1.65. The van der Waals surface area contributed by atoms with E-state index in [1.54, 1.807) is 30.1 Å². The van der Waals surface area contributed by atoms with Crippen LogP contribution in [0.25, 0.3) is 22.3 Å². The van der Waals surface area contributed by atoms with Gasteiger partial charge in [0.25, 0.3) is 5.56 Å². The predicted octanol–water partition coefficient (Wildman–Crippen LogP) is 3.91. The van der Waals surface area contributed by atoms with Crippen LogP contribution < -0.4 is 20.9 Å². The van der Waals surface area contributed by atoms with Crippen molar-refractivity contribution in [1.29, 1.82) is 0 Å². The average Bonchev–Trinajstić information content (AvgIpc) is 2.92. The SMILES string of the molecule is CCCOCCn1c(=O)c(NCCCNc2cccc(C)n2)nc2ncc(-c3ccc(OC)nc3)cc21. The molecule has 0 unspecified atom stereocenters. The third-order valence-electron chi connectivity index (χ3n) is 5.73. The minimum atomic E-state index is -0.201. The molecular formula is C27H33N7O3. The Hall–Kier alpha value is -4.05. The van der Waals surface area contributed by atoms with Crippen molar-refractivity contribution in [3.63, 3.8) is 0 Å². The van der Waals surface area contributed by atoms with E-state index in [1.165, 1.54) is 0 Å². The molecule has 0 aliphatic rings. The molecule has 0 bridgehead atoms. The van der Waals surface area contributed by atoms with Crippen LogP contribution in [0.1, 0.15) is 25.5 Å². The van der Waals surface area contributed by atoms with Gasteiger partial charge in [-0.1, -0.05) is 13.0 Å². The maximum absolute atomic E-state index is 13.4. The smallest absolute Gasteiger partial charge is 0.293 e. The monoisotopic (exact) mass is 503 g/mol. The maximum Gasteiger partial charge on any atom is 0.293 e. The Morgan fingerprint density at radius 1 is 0.973 bits per heavy atom. The van der Waals surface area contributed by atoms with Crippen LogP contribution in [0.2, 0.25) is 0 Å². The number of fused-ring (bicyclic) bond motifs is 1. The number of nitrogens with one attached hydrogen (secondary N) is 2. The Kier molecular flexibility index (Phi) is 8.98. The van der Waals surface area contributed by atoms with E-state index in [-0.39, 0.29) is 11.4 Å². The third-order valence-corrected chi connectivity index (χ3v) is 5.73. The van der Waals surface area contributed by atoms with Gasteiger partial charge in [-0.15, -0.1) is 0 Å². The van der Waals surface area contributed by atoms with Gasteiger partial charge in [-0.25, -0.2) is 19.9 Å². The summed E-state index contributed by atoms with van der Waals surface area (Å²) in [7, 11) is 1.58. The fourth-order valence-electron chi connectivity index (χ4n) is 3.84. The van der Waals surface area contributed by atoms with Crippen LogP contribution >= 0.6 is 0 Å². The first kappa shape index (κ1) is 26.0. The molecule has 4 heterocycles. The Balaban J connectivity index is 1.53. The van der Waals surface area contributed by atoms with Gasteiger partial charge in [-0.2, -0.15) is 0 Å². The second kappa shape index (κ2) is 12.8. The van der Waals surface area contributed by atoms with E-state index in [9.17, 15) is 4.79 Å². The zero-order chi connectivity index (χ0) is 26.0. The van der Waals surface area contributed by atoms with E-state index in [0.717, 1.165) is 35.5 Å². The van der Waals surface area contributed by atoms with Crippen molar-refractivity contribution in [2.24, 2.45) is 0 Å². The van der Waals surface area contributed by atoms with Crippen molar-refractivity contribution < 1.29 is 9.47 Å². The first-order valence-corrected chi connectivity index (χ1v) is 12.5. The number of aryl methyl sites for hydroxylation is 1. The molecule has 0 aliphatic heterocycles. The number of rotatable bonds is 13. The first-order valence-electron chi connectivity index (χ1n) is 12.5. The molecule has 0 atom stereocenters. The number of ether oxygens (including phenoxy) is 2. The summed E-state index contributed by atoms with van der Waals surface area (Å²) >= 11 is 0. The molecule has 10 heteroatoms. The van der Waals surface area contributed by atoms with Gasteiger partial charge in [0.05, 0.1) is 19.2 Å². The van der Waals surface area contributed by atoms with Crippen molar-refractivity contribution in [1.82, 2.24) is 24.5 Å². The van der Waals surface area contributed by atoms with Crippen LogP contribution in [0, 0.1) is 6.92 Å². The van der Waals surface area contributed by atoms with Gasteiger partial charge in [-0.3, -0.25) is 9.36 Å². The summed E-state index contributed by atoms with van der Waals surface area (Å²) < 4.78 is 12.5. The molecule has 4 aromatic rings. The van der Waals surface area contributed by atoms with Crippen LogP contribution in [0.15, 0.2) is 53.6 Å². The van der Waals surface area contributed by atoms with E-state index >= 15 is 0 Å². The van der Waals surface area contributed by atoms with Gasteiger partial charge in [0.2, 0.25) is 5.88 Å². The maximum atomic E-state index is 13.4. The Morgan fingerprint density at radius 2 is 1.81 bits per heavy atom. The summed E-state index contributed by atoms with van der Waals surface area (Å²) in [5, 5.41) is 6.49. The van der Waals surface area contributed by atoms with Crippen molar-refractivity contribution in [2.75, 3.05) is 44.0 Å². The Labute approximate surface area is 216 Å². The standard InChI is InChI=1S/C27H33N7O3/c1-4-14-37-15-13-34-22-16-21(20-9-10-24(36-3)30-17-20)18-31-25(22)33-26(27(34)35)29-12-6-11-28-23-8-5-7-19(2)32-23/h5,7-10,16-18H,4,6,11-15H2,1-3H3,(H,28,32)(H,29,31,33). The topological polar surface area (TPSA) is 116 Å². The number of hydrogen-bond donors (Lipinski definition) is 2. The first-order chi connectivity index (χ1) is 18.1. The minimum Gasteiger partial charge on any atom is -0.481 e. The summed E-state index contributed by atoms with van der Waals surface area (Å²) in [5.41, 5.74) is 3.61. The van der Waals surface area contributed by atoms with Gasteiger partial charge < -0.3 is 20.1 Å². The zero-order valence-corrected chi connectivity index (χ0v) is 21.5. The van der Waals surface area contributed by atoms with Crippen LogP contribution in [-0.2, 0) is 11.3 Å². The van der Waals surface area contributed by atoms with E-state index in [0.29, 0.717) is 49.9 Å². The Morgan fingerprint density at radius 3 is 2.57 bits per heavy atom. The molecule has 10 nitrogen and oxygen atoms in total. The second-order valence-electron chi connectivity index (χ2n) is 8.56. The highest BCUT2D eigenvalue weighted by molar-refractivity contribution is 5.78. The highest BCUT2D eigenvalue weighted by Crippen LogP contribution is 2.23. The molecule has 4 rings (SSSR count). The quantitative estimate of drug-likeness (QED) is 0.262. The lowest BCUT2D eigenvalue weighted by Gasteiger charge is -2.14. The lowest BCUT2D eigenvalue weighted by Crippen LogP contribution is -2.28. The summed E-state index contributed by atoms with van der Waals surface area (Å²) in [6.45, 7) is 6.78. The summed E-state index contributed by atoms with van der Waals surface area (Å²) in [6, 6.07) is 11.5. The van der Waals surface area contributed by atoms with Gasteiger partial charge in [-0.05, 0) is 44.0 Å². The fourth-order valence-corrected chi connectivity index (χ4v) is 3.84. The number of hydrogen-bond acceptors (Lipinski definition) is 9. The lowest BCUT2D eigenvalue weighted by molar-refractivity contribution is 0.127. The predicted molar refractivity (Wildman–Crippen MR) is 145 cm³/mol. The molecule has 0 radical (unpaired) electrons. The van der Waals surface area contributed by atoms with Crippen LogP contribution in [0.4, 0.5) is 11.6 Å². The number of nitrogens with zero attached hydrogens (tertiary/aromatic N) is 5. The molecule has 194 valence electrons. The largest absolute Gasteiger partial charge is 0.481 e. The highest BCUT2D eigenvalue weighted by Gasteiger charge is 2.13. The molecule has 0 aliphatic carbocycles. The van der Waals surface area contributed by atoms with Gasteiger partial charge >= 0.3 is 0 Å². The number of methoxy groups -OCH3 is 1. The molecular weight excluding hydrogens is 470 g/mol. The van der Waals surface area contributed by atoms with Crippen LogP contribution in [0.3, 0.4) is 0 Å². The van der Waals surface area contributed by atoms with Gasteiger partial charge in [0.15, 0.2) is 11.5 Å². The molecule has 37 heavy (non-hydrogen) atoms. The van der Waals surface area contributed by atoms with Crippen molar-refractivity contribution in [3.05, 3.63) is 64.8 Å². The molecule has 2 N–H and O–H groups in total. The molecule has 0 spiro atoms. The van der Waals surface area contributed by atoms with Crippen molar-refractivity contribution >= 4 is 22.8 Å². The van der Waals surface area contributed by atoms with Crippen LogP contribution in [0.5, 0.6) is 5.88 Å². The average molecular weight is 504 g/mol. The van der Waals surface area contributed by atoms with E-state index in [2.05, 4.69) is 37.5 Å². The number of pyridine rings is 3. The number of anilines is 2. The highest BCUT2D eigenvalue weighted by atomic mass is 16.5. The molecule has 0 saturated heterocycles. The van der Waals surface area contributed by atoms with E-state index < -0.39 is 0 Å². The molecule has 0 amide bonds. The van der Waals surface area contributed by atoms with Crippen LogP contribution in [-0.4, -0.2) is 57.9 Å². The summed E-state index contributed by atoms with van der Waals surface area (Å²) in [4.78, 5) is 31.2. The third kappa shape index (κ3) is 6.79.